The van der Waals surface area contributed by atoms with Crippen LogP contribution in [0.4, 0.5) is 0 Å². The van der Waals surface area contributed by atoms with Crippen molar-refractivity contribution in [3.05, 3.63) is 41.3 Å². The van der Waals surface area contributed by atoms with Crippen LogP contribution in [0.3, 0.4) is 0 Å². The molecule has 124 valence electrons. The number of nitrogens with zero attached hydrogens (tertiary/aromatic N) is 1. The molecule has 0 spiro atoms. The molecule has 0 aliphatic carbocycles. The maximum absolute atomic E-state index is 11.9. The maximum atomic E-state index is 11.9. The summed E-state index contributed by atoms with van der Waals surface area (Å²) in [5.41, 5.74) is 0.753. The Hall–Kier alpha value is -1.22. The highest BCUT2D eigenvalue weighted by Gasteiger charge is 2.19. The molecular formula is C14H22N2O4S2. The predicted octanol–water partition coefficient (Wildman–Crippen LogP) is 1.25. The lowest BCUT2D eigenvalue weighted by atomic mass is 10.2. The molecule has 0 radical (unpaired) electrons. The van der Waals surface area contributed by atoms with E-state index >= 15 is 0 Å². The highest BCUT2D eigenvalue weighted by atomic mass is 32.2. The lowest BCUT2D eigenvalue weighted by Crippen LogP contribution is -2.37. The third-order valence-electron chi connectivity index (χ3n) is 3.00. The molecule has 0 saturated heterocycles. The largest absolute Gasteiger partial charge is 0.233 e. The molecule has 0 atom stereocenters. The molecule has 0 saturated carbocycles. The molecule has 0 aliphatic rings. The Kier molecular flexibility index (Phi) is 7.21. The molecule has 0 fully saturated rings. The van der Waals surface area contributed by atoms with Gasteiger partial charge in [0.2, 0.25) is 20.0 Å². The highest BCUT2D eigenvalue weighted by molar-refractivity contribution is 7.92. The van der Waals surface area contributed by atoms with Crippen molar-refractivity contribution < 1.29 is 16.8 Å². The van der Waals surface area contributed by atoms with Gasteiger partial charge in [-0.15, -0.1) is 0 Å². The lowest BCUT2D eigenvalue weighted by Gasteiger charge is -2.18. The predicted molar refractivity (Wildman–Crippen MR) is 89.1 cm³/mol. The molecule has 0 unspecified atom stereocenters. The quantitative estimate of drug-likeness (QED) is 0.729. The van der Waals surface area contributed by atoms with Crippen LogP contribution in [-0.2, 0) is 20.0 Å². The van der Waals surface area contributed by atoms with Crippen molar-refractivity contribution in [2.75, 3.05) is 25.4 Å². The van der Waals surface area contributed by atoms with Crippen LogP contribution in [0.25, 0.3) is 6.08 Å². The fourth-order valence-corrected chi connectivity index (χ4v) is 4.19. The van der Waals surface area contributed by atoms with Gasteiger partial charge in [-0.25, -0.2) is 25.9 Å². The van der Waals surface area contributed by atoms with E-state index in [1.165, 1.54) is 10.4 Å². The van der Waals surface area contributed by atoms with E-state index in [1.807, 2.05) is 6.07 Å². The molecule has 1 rings (SSSR count). The van der Waals surface area contributed by atoms with Crippen molar-refractivity contribution in [1.29, 1.82) is 0 Å². The SMILES string of the molecule is CCN(CC)S(=O)(=O)CCNS(=O)(=O)/C=C\c1ccccc1. The number of hydrogen-bond donors (Lipinski definition) is 1. The zero-order chi connectivity index (χ0) is 16.6. The summed E-state index contributed by atoms with van der Waals surface area (Å²) in [5.74, 6) is -0.257. The summed E-state index contributed by atoms with van der Waals surface area (Å²) in [6, 6.07) is 8.99. The van der Waals surface area contributed by atoms with Crippen molar-refractivity contribution in [1.82, 2.24) is 9.03 Å². The minimum Gasteiger partial charge on any atom is -0.212 e. The molecule has 8 heteroatoms. The average molecular weight is 346 g/mol. The minimum atomic E-state index is -3.65. The molecule has 0 bridgehead atoms. The summed E-state index contributed by atoms with van der Waals surface area (Å²) in [6.45, 7) is 4.08. The van der Waals surface area contributed by atoms with Crippen LogP contribution in [-0.4, -0.2) is 46.5 Å². The normalized spacial score (nSPS) is 13.0. The van der Waals surface area contributed by atoms with Gasteiger partial charge < -0.3 is 0 Å². The summed E-state index contributed by atoms with van der Waals surface area (Å²) in [7, 11) is -7.08. The Bertz CT molecular complexity index is 679. The first-order chi connectivity index (χ1) is 10.3. The first-order valence-corrected chi connectivity index (χ1v) is 10.2. The van der Waals surface area contributed by atoms with Crippen LogP contribution in [0, 0.1) is 0 Å². The van der Waals surface area contributed by atoms with Crippen molar-refractivity contribution >= 4 is 26.1 Å². The number of benzene rings is 1. The summed E-state index contributed by atoms with van der Waals surface area (Å²) in [6.07, 6.45) is 1.46. The van der Waals surface area contributed by atoms with Gasteiger partial charge in [-0.2, -0.15) is 0 Å². The van der Waals surface area contributed by atoms with Gasteiger partial charge in [-0.1, -0.05) is 44.2 Å². The Labute approximate surface area is 132 Å². The Morgan fingerprint density at radius 2 is 1.64 bits per heavy atom. The highest BCUT2D eigenvalue weighted by Crippen LogP contribution is 2.03. The number of rotatable bonds is 9. The molecule has 0 aliphatic heterocycles. The van der Waals surface area contributed by atoms with Gasteiger partial charge in [0.25, 0.3) is 0 Å². The summed E-state index contributed by atoms with van der Waals surface area (Å²) in [4.78, 5) is 0. The van der Waals surface area contributed by atoms with E-state index in [4.69, 9.17) is 0 Å². The van der Waals surface area contributed by atoms with E-state index in [1.54, 1.807) is 38.1 Å². The fourth-order valence-electron chi connectivity index (χ4n) is 1.84. The van der Waals surface area contributed by atoms with Crippen LogP contribution in [0.2, 0.25) is 0 Å². The van der Waals surface area contributed by atoms with Gasteiger partial charge in [0.1, 0.15) is 0 Å². The third-order valence-corrected chi connectivity index (χ3v) is 6.13. The van der Waals surface area contributed by atoms with Crippen molar-refractivity contribution in [2.45, 2.75) is 13.8 Å². The molecule has 1 aromatic rings. The van der Waals surface area contributed by atoms with Crippen LogP contribution in [0.5, 0.6) is 0 Å². The van der Waals surface area contributed by atoms with Crippen LogP contribution < -0.4 is 4.72 Å². The number of sulfonamides is 2. The van der Waals surface area contributed by atoms with Gasteiger partial charge in [-0.05, 0) is 11.6 Å². The summed E-state index contributed by atoms with van der Waals surface area (Å²) in [5, 5.41) is 1.03. The van der Waals surface area contributed by atoms with Crippen molar-refractivity contribution in [3.8, 4) is 0 Å². The Morgan fingerprint density at radius 1 is 1.05 bits per heavy atom. The molecule has 22 heavy (non-hydrogen) atoms. The van der Waals surface area contributed by atoms with Gasteiger partial charge >= 0.3 is 0 Å². The van der Waals surface area contributed by atoms with Crippen LogP contribution in [0.1, 0.15) is 19.4 Å². The topological polar surface area (TPSA) is 83.6 Å². The monoisotopic (exact) mass is 346 g/mol. The second kappa shape index (κ2) is 8.42. The molecule has 1 aromatic carbocycles. The summed E-state index contributed by atoms with van der Waals surface area (Å²) >= 11 is 0. The van der Waals surface area contributed by atoms with E-state index in [0.29, 0.717) is 13.1 Å². The zero-order valence-corrected chi connectivity index (χ0v) is 14.4. The maximum Gasteiger partial charge on any atom is 0.233 e. The van der Waals surface area contributed by atoms with Crippen LogP contribution >= 0.6 is 0 Å². The minimum absolute atomic E-state index is 0.152. The van der Waals surface area contributed by atoms with E-state index in [-0.39, 0.29) is 12.3 Å². The van der Waals surface area contributed by atoms with Gasteiger partial charge in [-0.3, -0.25) is 0 Å². The van der Waals surface area contributed by atoms with E-state index in [0.717, 1.165) is 11.0 Å². The molecule has 0 aromatic heterocycles. The lowest BCUT2D eigenvalue weighted by molar-refractivity contribution is 0.445. The third kappa shape index (κ3) is 6.27. The van der Waals surface area contributed by atoms with E-state index < -0.39 is 20.0 Å². The second-order valence-electron chi connectivity index (χ2n) is 4.55. The molecule has 6 nitrogen and oxygen atoms in total. The Balaban J connectivity index is 2.58. The van der Waals surface area contributed by atoms with Crippen molar-refractivity contribution in [3.63, 3.8) is 0 Å². The zero-order valence-electron chi connectivity index (χ0n) is 12.8. The van der Waals surface area contributed by atoms with Crippen molar-refractivity contribution in [2.24, 2.45) is 0 Å². The van der Waals surface area contributed by atoms with Gasteiger partial charge in [0.05, 0.1) is 5.75 Å². The Morgan fingerprint density at radius 3 is 2.18 bits per heavy atom. The average Bonchev–Trinajstić information content (AvgIpc) is 2.47. The van der Waals surface area contributed by atoms with Gasteiger partial charge in [0.15, 0.2) is 0 Å². The number of nitrogens with one attached hydrogen (secondary N) is 1. The van der Waals surface area contributed by atoms with E-state index in [2.05, 4.69) is 4.72 Å². The molecule has 1 N–H and O–H groups in total. The standard InChI is InChI=1S/C14H22N2O4S2/c1-3-16(4-2)22(19,20)13-11-15-21(17,18)12-10-14-8-6-5-7-9-14/h5-10,12,15H,3-4,11,13H2,1-2H3/b12-10-. The summed E-state index contributed by atoms with van der Waals surface area (Å²) < 4.78 is 51.0. The van der Waals surface area contributed by atoms with Gasteiger partial charge in [0, 0.05) is 25.0 Å². The van der Waals surface area contributed by atoms with E-state index in [9.17, 15) is 16.8 Å². The fraction of sp³-hybridized carbons (Fsp3) is 0.429. The number of hydrogen-bond acceptors (Lipinski definition) is 4. The van der Waals surface area contributed by atoms with Crippen LogP contribution in [0.15, 0.2) is 35.7 Å². The smallest absolute Gasteiger partial charge is 0.212 e. The molecule has 0 heterocycles. The second-order valence-corrected chi connectivity index (χ2v) is 8.29. The first kappa shape index (κ1) is 18.8. The molecule has 0 amide bonds. The first-order valence-electron chi connectivity index (χ1n) is 7.01. The molecular weight excluding hydrogens is 324 g/mol.